The van der Waals surface area contributed by atoms with Gasteiger partial charge in [-0.05, 0) is 31.0 Å². The van der Waals surface area contributed by atoms with E-state index in [1.807, 2.05) is 0 Å². The summed E-state index contributed by atoms with van der Waals surface area (Å²) in [7, 11) is 0. The maximum absolute atomic E-state index is 12.2. The SMILES string of the molecule is O=C(COc1ccc(Cl)cc1Cl)NC1C(=O)NC2CCCCC2C1O. The van der Waals surface area contributed by atoms with Gasteiger partial charge in [-0.1, -0.05) is 36.0 Å². The molecule has 1 aliphatic carbocycles. The van der Waals surface area contributed by atoms with Gasteiger partial charge in [0, 0.05) is 17.0 Å². The summed E-state index contributed by atoms with van der Waals surface area (Å²) < 4.78 is 5.36. The maximum Gasteiger partial charge on any atom is 0.258 e. The van der Waals surface area contributed by atoms with E-state index in [9.17, 15) is 14.7 Å². The van der Waals surface area contributed by atoms with E-state index in [2.05, 4.69) is 10.6 Å². The number of carbonyl (C=O) groups excluding carboxylic acids is 2. The first kappa shape index (κ1) is 18.3. The number of amides is 2. The average molecular weight is 387 g/mol. The van der Waals surface area contributed by atoms with Crippen molar-refractivity contribution in [3.63, 3.8) is 0 Å². The molecule has 1 heterocycles. The molecule has 0 bridgehead atoms. The molecule has 6 nitrogen and oxygen atoms in total. The molecule has 136 valence electrons. The number of aliphatic hydroxyl groups excluding tert-OH is 1. The Bertz CT molecular complexity index is 670. The number of hydrogen-bond donors (Lipinski definition) is 3. The van der Waals surface area contributed by atoms with Crippen molar-refractivity contribution in [1.29, 1.82) is 0 Å². The third kappa shape index (κ3) is 4.19. The first-order valence-electron chi connectivity index (χ1n) is 8.31. The van der Waals surface area contributed by atoms with E-state index in [1.54, 1.807) is 12.1 Å². The third-order valence-corrected chi connectivity index (χ3v) is 5.31. The van der Waals surface area contributed by atoms with Crippen LogP contribution in [0.2, 0.25) is 10.0 Å². The lowest BCUT2D eigenvalue weighted by molar-refractivity contribution is -0.139. The zero-order valence-electron chi connectivity index (χ0n) is 13.5. The van der Waals surface area contributed by atoms with Crippen molar-refractivity contribution >= 4 is 35.0 Å². The Labute approximate surface area is 155 Å². The standard InChI is InChI=1S/C17H20Cl2N2O4/c18-9-5-6-13(11(19)7-9)25-8-14(22)21-15-16(23)10-3-1-2-4-12(10)20-17(15)24/h5-7,10,12,15-16,23H,1-4,8H2,(H,20,24)(H,21,22). The summed E-state index contributed by atoms with van der Waals surface area (Å²) in [6.07, 6.45) is 2.89. The predicted octanol–water partition coefficient (Wildman–Crippen LogP) is 1.91. The van der Waals surface area contributed by atoms with E-state index in [-0.39, 0.29) is 24.5 Å². The molecule has 1 aromatic rings. The molecule has 8 heteroatoms. The van der Waals surface area contributed by atoms with Gasteiger partial charge in [0.1, 0.15) is 11.8 Å². The smallest absolute Gasteiger partial charge is 0.258 e. The van der Waals surface area contributed by atoms with Gasteiger partial charge in [-0.25, -0.2) is 0 Å². The fraction of sp³-hybridized carbons (Fsp3) is 0.529. The lowest BCUT2D eigenvalue weighted by atomic mass is 9.76. The van der Waals surface area contributed by atoms with Crippen LogP contribution in [0.25, 0.3) is 0 Å². The molecule has 3 rings (SSSR count). The minimum atomic E-state index is -0.962. The highest BCUT2D eigenvalue weighted by molar-refractivity contribution is 6.35. The van der Waals surface area contributed by atoms with Gasteiger partial charge >= 0.3 is 0 Å². The van der Waals surface area contributed by atoms with Crippen LogP contribution in [0.1, 0.15) is 25.7 Å². The van der Waals surface area contributed by atoms with Crippen molar-refractivity contribution in [3.8, 4) is 5.75 Å². The van der Waals surface area contributed by atoms with Crippen LogP contribution in [0.15, 0.2) is 18.2 Å². The zero-order chi connectivity index (χ0) is 18.0. The number of nitrogens with one attached hydrogen (secondary N) is 2. The lowest BCUT2D eigenvalue weighted by Gasteiger charge is -2.43. The van der Waals surface area contributed by atoms with E-state index < -0.39 is 18.1 Å². The van der Waals surface area contributed by atoms with Gasteiger partial charge in [-0.3, -0.25) is 9.59 Å². The second-order valence-electron chi connectivity index (χ2n) is 6.46. The Kier molecular flexibility index (Phi) is 5.71. The highest BCUT2D eigenvalue weighted by atomic mass is 35.5. The first-order valence-corrected chi connectivity index (χ1v) is 9.07. The number of halogens is 2. The van der Waals surface area contributed by atoms with E-state index in [0.717, 1.165) is 25.7 Å². The van der Waals surface area contributed by atoms with Gasteiger partial charge in [0.05, 0.1) is 11.1 Å². The van der Waals surface area contributed by atoms with Crippen LogP contribution in [0.5, 0.6) is 5.75 Å². The average Bonchev–Trinajstić information content (AvgIpc) is 2.58. The number of carbonyl (C=O) groups is 2. The molecular formula is C17H20Cl2N2O4. The molecule has 0 aromatic heterocycles. The Morgan fingerprint density at radius 1 is 1.32 bits per heavy atom. The van der Waals surface area contributed by atoms with Crippen molar-refractivity contribution in [2.45, 2.75) is 43.9 Å². The molecule has 1 saturated heterocycles. The van der Waals surface area contributed by atoms with E-state index in [0.29, 0.717) is 15.8 Å². The summed E-state index contributed by atoms with van der Waals surface area (Å²) >= 11 is 11.8. The van der Waals surface area contributed by atoms with E-state index >= 15 is 0 Å². The van der Waals surface area contributed by atoms with Crippen molar-refractivity contribution < 1.29 is 19.4 Å². The normalized spacial score (nSPS) is 28.7. The van der Waals surface area contributed by atoms with Crippen LogP contribution >= 0.6 is 23.2 Å². The summed E-state index contributed by atoms with van der Waals surface area (Å²) in [6, 6.07) is 3.71. The topological polar surface area (TPSA) is 87.7 Å². The molecule has 1 saturated carbocycles. The number of ether oxygens (including phenoxy) is 1. The largest absolute Gasteiger partial charge is 0.482 e. The summed E-state index contributed by atoms with van der Waals surface area (Å²) in [5.74, 6) is -0.557. The summed E-state index contributed by atoms with van der Waals surface area (Å²) in [5.41, 5.74) is 0. The van der Waals surface area contributed by atoms with E-state index in [4.69, 9.17) is 27.9 Å². The molecule has 3 N–H and O–H groups in total. The molecule has 1 aliphatic heterocycles. The summed E-state index contributed by atoms with van der Waals surface area (Å²) in [5, 5.41) is 16.7. The first-order chi connectivity index (χ1) is 12.0. The molecule has 2 fully saturated rings. The predicted molar refractivity (Wildman–Crippen MR) is 93.8 cm³/mol. The van der Waals surface area contributed by atoms with Crippen LogP contribution < -0.4 is 15.4 Å². The third-order valence-electron chi connectivity index (χ3n) is 4.78. The van der Waals surface area contributed by atoms with Crippen LogP contribution in [0, 0.1) is 5.92 Å². The molecule has 4 unspecified atom stereocenters. The second-order valence-corrected chi connectivity index (χ2v) is 7.31. The molecule has 0 spiro atoms. The molecule has 25 heavy (non-hydrogen) atoms. The van der Waals surface area contributed by atoms with Gasteiger partial charge in [-0.2, -0.15) is 0 Å². The fourth-order valence-corrected chi connectivity index (χ4v) is 3.99. The van der Waals surface area contributed by atoms with Crippen molar-refractivity contribution in [2.75, 3.05) is 6.61 Å². The monoisotopic (exact) mass is 386 g/mol. The molecule has 1 aromatic carbocycles. The highest BCUT2D eigenvalue weighted by Crippen LogP contribution is 2.31. The quantitative estimate of drug-likeness (QED) is 0.737. The number of piperidine rings is 1. The second kappa shape index (κ2) is 7.81. The van der Waals surface area contributed by atoms with Gasteiger partial charge in [0.15, 0.2) is 6.61 Å². The number of aliphatic hydroxyl groups is 1. The van der Waals surface area contributed by atoms with Crippen LogP contribution in [-0.2, 0) is 9.59 Å². The van der Waals surface area contributed by atoms with Gasteiger partial charge < -0.3 is 20.5 Å². The maximum atomic E-state index is 12.2. The number of fused-ring (bicyclic) bond motifs is 1. The highest BCUT2D eigenvalue weighted by Gasteiger charge is 2.44. The van der Waals surface area contributed by atoms with Gasteiger partial charge in [0.2, 0.25) is 5.91 Å². The number of hydrogen-bond acceptors (Lipinski definition) is 4. The van der Waals surface area contributed by atoms with Crippen LogP contribution in [0.4, 0.5) is 0 Å². The van der Waals surface area contributed by atoms with Crippen molar-refractivity contribution in [2.24, 2.45) is 5.92 Å². The Balaban J connectivity index is 1.57. The molecule has 4 atom stereocenters. The Morgan fingerprint density at radius 2 is 2.08 bits per heavy atom. The summed E-state index contributed by atoms with van der Waals surface area (Å²) in [6.45, 7) is -0.314. The lowest BCUT2D eigenvalue weighted by Crippen LogP contribution is -2.65. The molecule has 2 amide bonds. The summed E-state index contributed by atoms with van der Waals surface area (Å²) in [4.78, 5) is 24.3. The molecule has 2 aliphatic rings. The Morgan fingerprint density at radius 3 is 2.84 bits per heavy atom. The molecular weight excluding hydrogens is 367 g/mol. The number of rotatable bonds is 4. The van der Waals surface area contributed by atoms with Gasteiger partial charge in [0.25, 0.3) is 5.91 Å². The molecule has 0 radical (unpaired) electrons. The van der Waals surface area contributed by atoms with E-state index in [1.165, 1.54) is 6.07 Å². The fourth-order valence-electron chi connectivity index (χ4n) is 3.52. The van der Waals surface area contributed by atoms with Crippen molar-refractivity contribution in [3.05, 3.63) is 28.2 Å². The Hall–Kier alpha value is -1.50. The van der Waals surface area contributed by atoms with Crippen molar-refractivity contribution in [1.82, 2.24) is 10.6 Å². The van der Waals surface area contributed by atoms with Crippen LogP contribution in [-0.4, -0.2) is 41.7 Å². The van der Waals surface area contributed by atoms with Crippen LogP contribution in [0.3, 0.4) is 0 Å². The minimum absolute atomic E-state index is 0.00599. The number of benzene rings is 1. The van der Waals surface area contributed by atoms with Gasteiger partial charge in [-0.15, -0.1) is 0 Å². The minimum Gasteiger partial charge on any atom is -0.482 e. The zero-order valence-corrected chi connectivity index (χ0v) is 15.0.